The van der Waals surface area contributed by atoms with Gasteiger partial charge in [-0.1, -0.05) is 6.07 Å². The summed E-state index contributed by atoms with van der Waals surface area (Å²) in [6, 6.07) is 11.4. The predicted octanol–water partition coefficient (Wildman–Crippen LogP) is 2.55. The number of rotatable bonds is 7. The molecule has 8 heteroatoms. The molecule has 0 radical (unpaired) electrons. The molecule has 30 heavy (non-hydrogen) atoms. The summed E-state index contributed by atoms with van der Waals surface area (Å²) in [4.78, 5) is 39.0. The van der Waals surface area contributed by atoms with Crippen LogP contribution in [0.1, 0.15) is 29.8 Å². The van der Waals surface area contributed by atoms with Gasteiger partial charge in [-0.3, -0.25) is 14.5 Å². The Kier molecular flexibility index (Phi) is 5.07. The SMILES string of the molecule is CCOc1ccc(C(=O)CN2C(=O)N[C@@](C)(Cc3ccc4c(c3)OCO4)C2=O)cc1. The lowest BCUT2D eigenvalue weighted by Gasteiger charge is -2.21. The van der Waals surface area contributed by atoms with E-state index in [9.17, 15) is 14.4 Å². The minimum atomic E-state index is -1.15. The van der Waals surface area contributed by atoms with E-state index in [1.54, 1.807) is 43.3 Å². The molecule has 1 fully saturated rings. The molecule has 2 aromatic carbocycles. The maximum absolute atomic E-state index is 13.0. The molecule has 0 aliphatic carbocycles. The van der Waals surface area contributed by atoms with Gasteiger partial charge in [-0.25, -0.2) is 4.79 Å². The van der Waals surface area contributed by atoms with Gasteiger partial charge in [0.25, 0.3) is 5.91 Å². The van der Waals surface area contributed by atoms with Gasteiger partial charge in [0, 0.05) is 12.0 Å². The minimum Gasteiger partial charge on any atom is -0.494 e. The fraction of sp³-hybridized carbons (Fsp3) is 0.318. The number of benzene rings is 2. The number of hydrogen-bond donors (Lipinski definition) is 1. The zero-order chi connectivity index (χ0) is 21.3. The van der Waals surface area contributed by atoms with Crippen molar-refractivity contribution in [2.24, 2.45) is 0 Å². The lowest BCUT2D eigenvalue weighted by molar-refractivity contribution is -0.130. The van der Waals surface area contributed by atoms with E-state index in [2.05, 4.69) is 5.32 Å². The molecule has 0 spiro atoms. The highest BCUT2D eigenvalue weighted by Crippen LogP contribution is 2.34. The molecule has 1 N–H and O–H groups in total. The molecule has 3 amide bonds. The number of ketones is 1. The fourth-order valence-corrected chi connectivity index (χ4v) is 3.61. The van der Waals surface area contributed by atoms with Crippen LogP contribution in [0.25, 0.3) is 0 Å². The average Bonchev–Trinajstić information content (AvgIpc) is 3.26. The van der Waals surface area contributed by atoms with E-state index >= 15 is 0 Å². The first-order chi connectivity index (χ1) is 14.4. The number of nitrogens with one attached hydrogen (secondary N) is 1. The smallest absolute Gasteiger partial charge is 0.325 e. The van der Waals surface area contributed by atoms with Crippen molar-refractivity contribution >= 4 is 17.7 Å². The van der Waals surface area contributed by atoms with Crippen LogP contribution in [0.15, 0.2) is 42.5 Å². The quantitative estimate of drug-likeness (QED) is 0.557. The highest BCUT2D eigenvalue weighted by Gasteiger charge is 2.48. The highest BCUT2D eigenvalue weighted by molar-refractivity contribution is 6.11. The van der Waals surface area contributed by atoms with Crippen LogP contribution in [0.2, 0.25) is 0 Å². The van der Waals surface area contributed by atoms with E-state index in [1.165, 1.54) is 0 Å². The van der Waals surface area contributed by atoms with Gasteiger partial charge in [0.1, 0.15) is 11.3 Å². The van der Waals surface area contributed by atoms with E-state index in [-0.39, 0.29) is 25.5 Å². The van der Waals surface area contributed by atoms with Gasteiger partial charge < -0.3 is 19.5 Å². The summed E-state index contributed by atoms with van der Waals surface area (Å²) in [6.07, 6.45) is 0.266. The lowest BCUT2D eigenvalue weighted by Crippen LogP contribution is -2.46. The molecule has 0 saturated carbocycles. The zero-order valence-corrected chi connectivity index (χ0v) is 16.8. The Morgan fingerprint density at radius 3 is 2.60 bits per heavy atom. The van der Waals surface area contributed by atoms with E-state index < -0.39 is 17.5 Å². The second-order valence-electron chi connectivity index (χ2n) is 7.40. The number of urea groups is 1. The molecule has 0 unspecified atom stereocenters. The largest absolute Gasteiger partial charge is 0.494 e. The lowest BCUT2D eigenvalue weighted by atomic mass is 9.92. The maximum atomic E-state index is 13.0. The fourth-order valence-electron chi connectivity index (χ4n) is 3.61. The van der Waals surface area contributed by atoms with Crippen molar-refractivity contribution in [3.05, 3.63) is 53.6 Å². The molecule has 1 saturated heterocycles. The van der Waals surface area contributed by atoms with Crippen molar-refractivity contribution in [2.45, 2.75) is 25.8 Å². The Labute approximate surface area is 173 Å². The molecule has 2 aliphatic heterocycles. The number of carbonyl (C=O) groups is 3. The van der Waals surface area contributed by atoms with Crippen LogP contribution in [0.5, 0.6) is 17.2 Å². The second kappa shape index (κ2) is 7.70. The summed E-state index contributed by atoms with van der Waals surface area (Å²) < 4.78 is 16.0. The van der Waals surface area contributed by atoms with Crippen LogP contribution < -0.4 is 19.5 Å². The molecular weight excluding hydrogens is 388 g/mol. The van der Waals surface area contributed by atoms with Crippen molar-refractivity contribution in [2.75, 3.05) is 19.9 Å². The summed E-state index contributed by atoms with van der Waals surface area (Å²) in [7, 11) is 0. The molecule has 8 nitrogen and oxygen atoms in total. The molecule has 2 aromatic rings. The Morgan fingerprint density at radius 1 is 1.13 bits per heavy atom. The summed E-state index contributed by atoms with van der Waals surface area (Å²) in [5.41, 5.74) is 0.0719. The molecular formula is C22H22N2O6. The summed E-state index contributed by atoms with van der Waals surface area (Å²) in [5, 5.41) is 2.72. The molecule has 4 rings (SSSR count). The molecule has 156 valence electrons. The van der Waals surface area contributed by atoms with Gasteiger partial charge in [-0.15, -0.1) is 0 Å². The van der Waals surface area contributed by atoms with E-state index in [4.69, 9.17) is 14.2 Å². The maximum Gasteiger partial charge on any atom is 0.325 e. The Balaban J connectivity index is 1.45. The summed E-state index contributed by atoms with van der Waals surface area (Å²) in [6.45, 7) is 3.89. The first-order valence-electron chi connectivity index (χ1n) is 9.68. The van der Waals surface area contributed by atoms with E-state index in [0.29, 0.717) is 29.4 Å². The Hall–Kier alpha value is -3.55. The average molecular weight is 410 g/mol. The number of Topliss-reactive ketones (excluding diaryl/α,β-unsaturated/α-hetero) is 1. The van der Waals surface area contributed by atoms with Gasteiger partial charge >= 0.3 is 6.03 Å². The third-order valence-electron chi connectivity index (χ3n) is 5.13. The highest BCUT2D eigenvalue weighted by atomic mass is 16.7. The van der Waals surface area contributed by atoms with Gasteiger partial charge in [-0.2, -0.15) is 0 Å². The number of carbonyl (C=O) groups excluding carboxylic acids is 3. The number of amides is 3. The molecule has 2 aliphatic rings. The number of hydrogen-bond acceptors (Lipinski definition) is 6. The monoisotopic (exact) mass is 410 g/mol. The standard InChI is InChI=1S/C22H22N2O6/c1-3-28-16-7-5-15(6-8-16)17(25)12-24-20(26)22(2,23-21(24)27)11-14-4-9-18-19(10-14)30-13-29-18/h4-10H,3,11-13H2,1-2H3,(H,23,27)/t22-/m0/s1. The first-order valence-corrected chi connectivity index (χ1v) is 9.68. The third kappa shape index (κ3) is 3.68. The Morgan fingerprint density at radius 2 is 1.87 bits per heavy atom. The normalized spacial score (nSPS) is 19.7. The van der Waals surface area contributed by atoms with E-state index in [1.807, 2.05) is 13.0 Å². The molecule has 1 atom stereocenters. The number of fused-ring (bicyclic) bond motifs is 1. The van der Waals surface area contributed by atoms with Crippen LogP contribution in [0.4, 0.5) is 4.79 Å². The second-order valence-corrected chi connectivity index (χ2v) is 7.40. The van der Waals surface area contributed by atoms with Crippen LogP contribution in [-0.4, -0.2) is 48.1 Å². The predicted molar refractivity (Wildman–Crippen MR) is 107 cm³/mol. The number of imide groups is 1. The number of ether oxygens (including phenoxy) is 3. The molecule has 0 aromatic heterocycles. The van der Waals surface area contributed by atoms with Crippen molar-refractivity contribution in [1.82, 2.24) is 10.2 Å². The topological polar surface area (TPSA) is 94.2 Å². The first kappa shape index (κ1) is 19.8. The van der Waals surface area contributed by atoms with Crippen LogP contribution in [0, 0.1) is 0 Å². The van der Waals surface area contributed by atoms with Crippen LogP contribution in [0.3, 0.4) is 0 Å². The molecule has 2 heterocycles. The van der Waals surface area contributed by atoms with Crippen molar-refractivity contribution in [3.63, 3.8) is 0 Å². The van der Waals surface area contributed by atoms with Crippen LogP contribution in [-0.2, 0) is 11.2 Å². The Bertz CT molecular complexity index is 1000. The van der Waals surface area contributed by atoms with Crippen LogP contribution >= 0.6 is 0 Å². The van der Waals surface area contributed by atoms with Crippen molar-refractivity contribution in [1.29, 1.82) is 0 Å². The van der Waals surface area contributed by atoms with Gasteiger partial charge in [-0.05, 0) is 55.8 Å². The van der Waals surface area contributed by atoms with Crippen molar-refractivity contribution in [3.8, 4) is 17.2 Å². The summed E-state index contributed by atoms with van der Waals surface area (Å²) in [5.74, 6) is 1.14. The number of nitrogens with zero attached hydrogens (tertiary/aromatic N) is 1. The third-order valence-corrected chi connectivity index (χ3v) is 5.13. The van der Waals surface area contributed by atoms with Gasteiger partial charge in [0.05, 0.1) is 13.2 Å². The van der Waals surface area contributed by atoms with E-state index in [0.717, 1.165) is 10.5 Å². The summed E-state index contributed by atoms with van der Waals surface area (Å²) >= 11 is 0. The van der Waals surface area contributed by atoms with Gasteiger partial charge in [0.15, 0.2) is 17.3 Å². The molecule has 0 bridgehead atoms. The van der Waals surface area contributed by atoms with Gasteiger partial charge in [0.2, 0.25) is 6.79 Å². The zero-order valence-electron chi connectivity index (χ0n) is 16.8. The minimum absolute atomic E-state index is 0.160. The van der Waals surface area contributed by atoms with Crippen molar-refractivity contribution < 1.29 is 28.6 Å².